The largest absolute Gasteiger partial charge is 0.342 e. The van der Waals surface area contributed by atoms with Gasteiger partial charge in [-0.25, -0.2) is 0 Å². The average Bonchev–Trinajstić information content (AvgIpc) is 3.45. The molecule has 4 unspecified atom stereocenters. The van der Waals surface area contributed by atoms with Gasteiger partial charge in [-0.1, -0.05) is 11.2 Å². The Morgan fingerprint density at radius 2 is 1.96 bits per heavy atom. The fourth-order valence-corrected chi connectivity index (χ4v) is 5.26. The van der Waals surface area contributed by atoms with Gasteiger partial charge in [0, 0.05) is 31.2 Å². The molecule has 27 heavy (non-hydrogen) atoms. The van der Waals surface area contributed by atoms with Gasteiger partial charge in [0.05, 0.1) is 5.92 Å². The number of piperidine rings is 1. The fraction of sp³-hybridized carbons (Fsp3) is 0.600. The second-order valence-electron chi connectivity index (χ2n) is 8.21. The molecule has 2 bridgehead atoms. The van der Waals surface area contributed by atoms with E-state index < -0.39 is 0 Å². The number of rotatable bonds is 3. The van der Waals surface area contributed by atoms with E-state index in [1.807, 2.05) is 23.1 Å². The molecular weight excluding hydrogens is 342 g/mol. The summed E-state index contributed by atoms with van der Waals surface area (Å²) in [6.07, 6.45) is 6.94. The maximum absolute atomic E-state index is 13.0. The van der Waals surface area contributed by atoms with Crippen molar-refractivity contribution in [3.63, 3.8) is 0 Å². The predicted molar refractivity (Wildman–Crippen MR) is 98.4 cm³/mol. The van der Waals surface area contributed by atoms with Gasteiger partial charge in [-0.15, -0.1) is 0 Å². The zero-order valence-electron chi connectivity index (χ0n) is 15.3. The Morgan fingerprint density at radius 1 is 1.15 bits per heavy atom. The number of likely N-dealkylation sites (tertiary alicyclic amines) is 1. The van der Waals surface area contributed by atoms with Gasteiger partial charge in [0.15, 0.2) is 0 Å². The number of carbonyl (C=O) groups excluding carboxylic acids is 1. The van der Waals surface area contributed by atoms with Crippen LogP contribution in [0, 0.1) is 17.8 Å². The molecule has 1 aliphatic heterocycles. The SMILES string of the molecule is NC1C2CCC(C2)C1C(=O)N1CCC(c2nc(-c3ccccn3)no2)CC1. The van der Waals surface area contributed by atoms with Gasteiger partial charge >= 0.3 is 0 Å². The van der Waals surface area contributed by atoms with Crippen LogP contribution in [0.4, 0.5) is 0 Å². The molecule has 1 amide bonds. The highest BCUT2D eigenvalue weighted by atomic mass is 16.5. The van der Waals surface area contributed by atoms with Crippen LogP contribution in [0.3, 0.4) is 0 Å². The summed E-state index contributed by atoms with van der Waals surface area (Å²) in [5, 5.41) is 4.07. The van der Waals surface area contributed by atoms with Gasteiger partial charge in [-0.3, -0.25) is 9.78 Å². The maximum atomic E-state index is 13.0. The Bertz CT molecular complexity index is 813. The molecule has 2 aliphatic carbocycles. The predicted octanol–water partition coefficient (Wildman–Crippen LogP) is 2.21. The molecular formula is C20H25N5O2. The van der Waals surface area contributed by atoms with Crippen molar-refractivity contribution in [3.8, 4) is 11.5 Å². The van der Waals surface area contributed by atoms with Crippen LogP contribution < -0.4 is 5.73 Å². The molecule has 2 aromatic heterocycles. The molecule has 0 aromatic carbocycles. The minimum atomic E-state index is 0.0412. The molecule has 1 saturated heterocycles. The van der Waals surface area contributed by atoms with E-state index in [0.29, 0.717) is 29.2 Å². The van der Waals surface area contributed by atoms with Crippen LogP contribution in [-0.2, 0) is 4.79 Å². The molecule has 7 heteroatoms. The quantitative estimate of drug-likeness (QED) is 0.893. The highest BCUT2D eigenvalue weighted by Gasteiger charge is 2.50. The summed E-state index contributed by atoms with van der Waals surface area (Å²) < 4.78 is 5.49. The van der Waals surface area contributed by atoms with Crippen LogP contribution in [0.25, 0.3) is 11.5 Å². The number of nitrogens with two attached hydrogens (primary N) is 1. The Labute approximate surface area is 158 Å². The van der Waals surface area contributed by atoms with E-state index in [4.69, 9.17) is 10.3 Å². The number of fused-ring (bicyclic) bond motifs is 2. The van der Waals surface area contributed by atoms with Crippen LogP contribution in [-0.4, -0.2) is 45.1 Å². The number of hydrogen-bond donors (Lipinski definition) is 1. The zero-order valence-corrected chi connectivity index (χ0v) is 15.3. The van der Waals surface area contributed by atoms with Crippen molar-refractivity contribution in [2.75, 3.05) is 13.1 Å². The Balaban J connectivity index is 1.22. The molecule has 3 aliphatic rings. The smallest absolute Gasteiger partial charge is 0.230 e. The van der Waals surface area contributed by atoms with E-state index in [2.05, 4.69) is 15.1 Å². The summed E-state index contributed by atoms with van der Waals surface area (Å²) in [6, 6.07) is 5.70. The normalized spacial score (nSPS) is 30.8. The van der Waals surface area contributed by atoms with E-state index in [9.17, 15) is 4.79 Å². The minimum Gasteiger partial charge on any atom is -0.342 e. The van der Waals surface area contributed by atoms with Crippen LogP contribution in [0.5, 0.6) is 0 Å². The summed E-state index contributed by atoms with van der Waals surface area (Å²) in [4.78, 5) is 23.8. The highest BCUT2D eigenvalue weighted by Crippen LogP contribution is 2.48. The van der Waals surface area contributed by atoms with Crippen molar-refractivity contribution < 1.29 is 9.32 Å². The summed E-state index contributed by atoms with van der Waals surface area (Å²) in [5.41, 5.74) is 7.07. The van der Waals surface area contributed by atoms with Gasteiger partial charge in [-0.05, 0) is 56.1 Å². The van der Waals surface area contributed by atoms with Crippen LogP contribution in [0.2, 0.25) is 0 Å². The number of pyridine rings is 1. The maximum Gasteiger partial charge on any atom is 0.230 e. The molecule has 2 N–H and O–H groups in total. The minimum absolute atomic E-state index is 0.0412. The first-order valence-electron chi connectivity index (χ1n) is 10.00. The molecule has 7 nitrogen and oxygen atoms in total. The molecule has 0 radical (unpaired) electrons. The molecule has 0 spiro atoms. The van der Waals surface area contributed by atoms with Crippen molar-refractivity contribution in [2.45, 2.75) is 44.1 Å². The summed E-state index contributed by atoms with van der Waals surface area (Å²) >= 11 is 0. The summed E-state index contributed by atoms with van der Waals surface area (Å²) in [7, 11) is 0. The molecule has 3 heterocycles. The third kappa shape index (κ3) is 2.94. The van der Waals surface area contributed by atoms with Gasteiger partial charge in [0.25, 0.3) is 0 Å². The molecule has 142 valence electrons. The van der Waals surface area contributed by atoms with Crippen molar-refractivity contribution in [1.29, 1.82) is 0 Å². The van der Waals surface area contributed by atoms with E-state index in [0.717, 1.165) is 32.4 Å². The fourth-order valence-electron chi connectivity index (χ4n) is 5.26. The van der Waals surface area contributed by atoms with E-state index in [1.54, 1.807) is 6.20 Å². The van der Waals surface area contributed by atoms with Gasteiger partial charge in [0.1, 0.15) is 5.69 Å². The van der Waals surface area contributed by atoms with Crippen molar-refractivity contribution in [1.82, 2.24) is 20.0 Å². The lowest BCUT2D eigenvalue weighted by Gasteiger charge is -2.36. The molecule has 5 rings (SSSR count). The van der Waals surface area contributed by atoms with Crippen molar-refractivity contribution in [2.24, 2.45) is 23.5 Å². The van der Waals surface area contributed by atoms with Crippen LogP contribution in [0.1, 0.15) is 43.9 Å². The monoisotopic (exact) mass is 367 g/mol. The van der Waals surface area contributed by atoms with Crippen LogP contribution >= 0.6 is 0 Å². The first kappa shape index (κ1) is 16.9. The summed E-state index contributed by atoms with van der Waals surface area (Å²) in [6.45, 7) is 1.48. The van der Waals surface area contributed by atoms with E-state index in [1.165, 1.54) is 12.8 Å². The second kappa shape index (κ2) is 6.71. The zero-order chi connectivity index (χ0) is 18.4. The van der Waals surface area contributed by atoms with Crippen LogP contribution in [0.15, 0.2) is 28.9 Å². The van der Waals surface area contributed by atoms with E-state index >= 15 is 0 Å². The average molecular weight is 367 g/mol. The van der Waals surface area contributed by atoms with Gasteiger partial charge in [-0.2, -0.15) is 4.98 Å². The molecule has 2 saturated carbocycles. The first-order valence-corrected chi connectivity index (χ1v) is 10.00. The summed E-state index contributed by atoms with van der Waals surface area (Å²) in [5.74, 6) is 2.76. The van der Waals surface area contributed by atoms with E-state index in [-0.39, 0.29) is 23.8 Å². The molecule has 4 atom stereocenters. The van der Waals surface area contributed by atoms with Gasteiger partial charge in [0.2, 0.25) is 17.6 Å². The molecule has 2 aromatic rings. The Hall–Kier alpha value is -2.28. The lowest BCUT2D eigenvalue weighted by Crippen LogP contribution is -2.49. The standard InChI is InChI=1S/C20H25N5O2/c21-17-14-5-4-13(11-14)16(17)20(26)25-9-6-12(7-10-25)19-23-18(24-27-19)15-3-1-2-8-22-15/h1-3,8,12-14,16-17H,4-7,9-11,21H2. The number of amides is 1. The third-order valence-corrected chi connectivity index (χ3v) is 6.76. The number of hydrogen-bond acceptors (Lipinski definition) is 6. The highest BCUT2D eigenvalue weighted by molar-refractivity contribution is 5.80. The topological polar surface area (TPSA) is 98.1 Å². The van der Waals surface area contributed by atoms with Crippen molar-refractivity contribution >= 4 is 5.91 Å². The number of aromatic nitrogens is 3. The Kier molecular flexibility index (Phi) is 4.19. The number of carbonyl (C=O) groups is 1. The second-order valence-corrected chi connectivity index (χ2v) is 8.21. The molecule has 3 fully saturated rings. The lowest BCUT2D eigenvalue weighted by molar-refractivity contribution is -0.138. The Morgan fingerprint density at radius 3 is 2.67 bits per heavy atom. The first-order chi connectivity index (χ1) is 13.2. The van der Waals surface area contributed by atoms with Crippen molar-refractivity contribution in [3.05, 3.63) is 30.3 Å². The number of nitrogens with zero attached hydrogens (tertiary/aromatic N) is 4. The third-order valence-electron chi connectivity index (χ3n) is 6.76. The van der Waals surface area contributed by atoms with Gasteiger partial charge < -0.3 is 15.2 Å². The lowest BCUT2D eigenvalue weighted by atomic mass is 9.83.